The van der Waals surface area contributed by atoms with E-state index in [-0.39, 0.29) is 15.0 Å². The molecule has 0 radical (unpaired) electrons. The Morgan fingerprint density at radius 2 is 1.84 bits per heavy atom. The summed E-state index contributed by atoms with van der Waals surface area (Å²) in [6.07, 6.45) is 0. The van der Waals surface area contributed by atoms with Crippen molar-refractivity contribution in [3.63, 3.8) is 0 Å². The SMILES string of the molecule is CCOP(=O)(/C=C(/CCl)[Se]c1ccccc1)OCC. The van der Waals surface area contributed by atoms with E-state index < -0.39 is 7.60 Å². The number of alkyl halides is 1. The molecule has 0 unspecified atom stereocenters. The first-order chi connectivity index (χ1) is 9.13. The molecule has 0 saturated heterocycles. The standard InChI is InChI=1S/C13H18ClO3PSe/c1-3-16-18(15,17-4-2)11-13(10-14)19-12-8-6-5-7-9-12/h5-9,11H,3-4,10H2,1-2H3/b13-11-. The number of rotatable bonds is 8. The monoisotopic (exact) mass is 368 g/mol. The van der Waals surface area contributed by atoms with Crippen LogP contribution < -0.4 is 4.46 Å². The Labute approximate surface area is 126 Å². The molecule has 19 heavy (non-hydrogen) atoms. The van der Waals surface area contributed by atoms with Gasteiger partial charge in [-0.05, 0) is 0 Å². The molecule has 106 valence electrons. The summed E-state index contributed by atoms with van der Waals surface area (Å²) in [5.41, 5.74) is 0. The molecular weight excluding hydrogens is 350 g/mol. The fourth-order valence-electron chi connectivity index (χ4n) is 1.38. The van der Waals surface area contributed by atoms with Gasteiger partial charge in [0.15, 0.2) is 0 Å². The van der Waals surface area contributed by atoms with Crippen LogP contribution in [0.5, 0.6) is 0 Å². The third-order valence-electron chi connectivity index (χ3n) is 2.04. The molecule has 0 aliphatic rings. The van der Waals surface area contributed by atoms with E-state index in [1.807, 2.05) is 30.3 Å². The normalized spacial score (nSPS) is 12.7. The number of allylic oxidation sites excluding steroid dienone is 1. The van der Waals surface area contributed by atoms with Crippen LogP contribution in [-0.4, -0.2) is 34.1 Å². The minimum atomic E-state index is -3.16. The molecule has 1 aromatic rings. The first-order valence-corrected chi connectivity index (χ1v) is 9.89. The van der Waals surface area contributed by atoms with Gasteiger partial charge >= 0.3 is 126 Å². The van der Waals surface area contributed by atoms with Gasteiger partial charge in [-0.25, -0.2) is 0 Å². The maximum atomic E-state index is 12.4. The van der Waals surface area contributed by atoms with E-state index in [0.717, 1.165) is 4.47 Å². The number of halogens is 1. The van der Waals surface area contributed by atoms with E-state index in [1.54, 1.807) is 19.7 Å². The van der Waals surface area contributed by atoms with Gasteiger partial charge in [0.05, 0.1) is 0 Å². The van der Waals surface area contributed by atoms with Gasteiger partial charge in [0, 0.05) is 0 Å². The maximum absolute atomic E-state index is 12.4. The fraction of sp³-hybridized carbons (Fsp3) is 0.385. The van der Waals surface area contributed by atoms with Crippen LogP contribution in [0.3, 0.4) is 0 Å². The quantitative estimate of drug-likeness (QED) is 0.401. The Kier molecular flexibility index (Phi) is 8.01. The first-order valence-electron chi connectivity index (χ1n) is 6.03. The average Bonchev–Trinajstić information content (AvgIpc) is 2.39. The third kappa shape index (κ3) is 6.27. The minimum absolute atomic E-state index is 0.0346. The van der Waals surface area contributed by atoms with Crippen molar-refractivity contribution in [1.29, 1.82) is 0 Å². The van der Waals surface area contributed by atoms with Crippen molar-refractivity contribution in [1.82, 2.24) is 0 Å². The zero-order chi connectivity index (χ0) is 14.1. The Bertz CT molecular complexity index is 440. The van der Waals surface area contributed by atoms with Crippen molar-refractivity contribution in [3.05, 3.63) is 40.6 Å². The van der Waals surface area contributed by atoms with Crippen LogP contribution >= 0.6 is 19.2 Å². The van der Waals surface area contributed by atoms with Gasteiger partial charge in [0.1, 0.15) is 0 Å². The molecule has 0 amide bonds. The fourth-order valence-corrected chi connectivity index (χ4v) is 5.79. The Hall–Kier alpha value is -0.0805. The molecule has 0 atom stereocenters. The predicted octanol–water partition coefficient (Wildman–Crippen LogP) is 3.36. The molecule has 0 saturated carbocycles. The topological polar surface area (TPSA) is 35.5 Å². The van der Waals surface area contributed by atoms with Gasteiger partial charge in [-0.15, -0.1) is 0 Å². The van der Waals surface area contributed by atoms with E-state index in [2.05, 4.69) is 0 Å². The molecule has 1 rings (SSSR count). The van der Waals surface area contributed by atoms with E-state index in [1.165, 1.54) is 4.46 Å². The van der Waals surface area contributed by atoms with Crippen molar-refractivity contribution in [2.75, 3.05) is 19.1 Å². The first kappa shape index (κ1) is 17.0. The predicted molar refractivity (Wildman–Crippen MR) is 81.5 cm³/mol. The summed E-state index contributed by atoms with van der Waals surface area (Å²) in [7, 11) is -3.16. The van der Waals surface area contributed by atoms with E-state index in [0.29, 0.717) is 19.1 Å². The molecule has 0 aliphatic heterocycles. The van der Waals surface area contributed by atoms with Crippen molar-refractivity contribution < 1.29 is 13.6 Å². The van der Waals surface area contributed by atoms with E-state index in [9.17, 15) is 4.57 Å². The summed E-state index contributed by atoms with van der Waals surface area (Å²) in [5, 5.41) is 0. The zero-order valence-corrected chi connectivity index (χ0v) is 14.4. The van der Waals surface area contributed by atoms with Gasteiger partial charge in [-0.2, -0.15) is 0 Å². The van der Waals surface area contributed by atoms with Crippen LogP contribution in [0.4, 0.5) is 0 Å². The Morgan fingerprint density at radius 3 is 2.32 bits per heavy atom. The van der Waals surface area contributed by atoms with E-state index >= 15 is 0 Å². The number of hydrogen-bond acceptors (Lipinski definition) is 3. The van der Waals surface area contributed by atoms with Crippen LogP contribution in [0.1, 0.15) is 13.8 Å². The second-order valence-corrected chi connectivity index (χ2v) is 8.16. The van der Waals surface area contributed by atoms with E-state index in [4.69, 9.17) is 20.6 Å². The summed E-state index contributed by atoms with van der Waals surface area (Å²) in [6, 6.07) is 10.00. The summed E-state index contributed by atoms with van der Waals surface area (Å²) in [5.74, 6) is 1.92. The van der Waals surface area contributed by atoms with Crippen LogP contribution in [0.2, 0.25) is 0 Å². The van der Waals surface area contributed by atoms with Crippen LogP contribution in [-0.2, 0) is 13.6 Å². The molecule has 0 heterocycles. The molecular formula is C13H18ClO3PSe. The Morgan fingerprint density at radius 1 is 1.26 bits per heavy atom. The number of benzene rings is 1. The molecule has 6 heteroatoms. The second kappa shape index (κ2) is 8.97. The van der Waals surface area contributed by atoms with Crippen molar-refractivity contribution >= 4 is 38.6 Å². The summed E-state index contributed by atoms with van der Waals surface area (Å²) in [6.45, 7) is 4.29. The summed E-state index contributed by atoms with van der Waals surface area (Å²) < 4.78 is 25.0. The van der Waals surface area contributed by atoms with Gasteiger partial charge in [0.2, 0.25) is 0 Å². The zero-order valence-electron chi connectivity index (χ0n) is 11.0. The van der Waals surface area contributed by atoms with Gasteiger partial charge in [-0.1, -0.05) is 0 Å². The molecule has 0 N–H and O–H groups in total. The van der Waals surface area contributed by atoms with Gasteiger partial charge in [0.25, 0.3) is 0 Å². The molecule has 0 aliphatic carbocycles. The molecule has 1 aromatic carbocycles. The Balaban J connectivity index is 2.87. The van der Waals surface area contributed by atoms with Crippen LogP contribution in [0, 0.1) is 0 Å². The van der Waals surface area contributed by atoms with Crippen LogP contribution in [0.15, 0.2) is 40.6 Å². The molecule has 0 fully saturated rings. The number of hydrogen-bond donors (Lipinski definition) is 0. The third-order valence-corrected chi connectivity index (χ3v) is 7.11. The summed E-state index contributed by atoms with van der Waals surface area (Å²) >= 11 is 5.97. The van der Waals surface area contributed by atoms with Crippen LogP contribution in [0.25, 0.3) is 0 Å². The average molecular weight is 368 g/mol. The second-order valence-electron chi connectivity index (χ2n) is 3.52. The molecule has 0 spiro atoms. The molecule has 0 bridgehead atoms. The van der Waals surface area contributed by atoms with Crippen molar-refractivity contribution in [2.45, 2.75) is 13.8 Å². The van der Waals surface area contributed by atoms with Crippen molar-refractivity contribution in [3.8, 4) is 0 Å². The van der Waals surface area contributed by atoms with Gasteiger partial charge < -0.3 is 0 Å². The summed E-state index contributed by atoms with van der Waals surface area (Å²) in [4.78, 5) is 0. The van der Waals surface area contributed by atoms with Gasteiger partial charge in [-0.3, -0.25) is 0 Å². The molecule has 3 nitrogen and oxygen atoms in total. The van der Waals surface area contributed by atoms with Crippen molar-refractivity contribution in [2.24, 2.45) is 0 Å². The molecule has 0 aromatic heterocycles.